The highest BCUT2D eigenvalue weighted by atomic mass is 127. The van der Waals surface area contributed by atoms with Crippen LogP contribution in [0.2, 0.25) is 0 Å². The highest BCUT2D eigenvalue weighted by Gasteiger charge is 2.24. The van der Waals surface area contributed by atoms with Gasteiger partial charge in [0.05, 0.1) is 6.54 Å². The van der Waals surface area contributed by atoms with Crippen LogP contribution in [0.5, 0.6) is 0 Å². The Kier molecular flexibility index (Phi) is 10.6. The van der Waals surface area contributed by atoms with Crippen LogP contribution in [-0.4, -0.2) is 50.8 Å². The summed E-state index contributed by atoms with van der Waals surface area (Å²) in [6, 6.07) is 6.99. The van der Waals surface area contributed by atoms with Crippen molar-refractivity contribution in [3.63, 3.8) is 0 Å². The molecule has 1 aliphatic rings. The van der Waals surface area contributed by atoms with Gasteiger partial charge in [-0.2, -0.15) is 0 Å². The van der Waals surface area contributed by atoms with Gasteiger partial charge in [-0.1, -0.05) is 32.0 Å². The van der Waals surface area contributed by atoms with Gasteiger partial charge in [0, 0.05) is 38.8 Å². The molecule has 2 rings (SSSR count). The highest BCUT2D eigenvalue weighted by Crippen LogP contribution is 2.26. The van der Waals surface area contributed by atoms with Gasteiger partial charge in [-0.05, 0) is 43.7 Å². The molecule has 0 amide bonds. The molecule has 1 aromatic rings. The first-order valence-electron chi connectivity index (χ1n) is 9.76. The van der Waals surface area contributed by atoms with Gasteiger partial charge in [0.25, 0.3) is 0 Å². The van der Waals surface area contributed by atoms with Crippen molar-refractivity contribution >= 4 is 29.9 Å². The molecule has 154 valence electrons. The standard InChI is InChI=1S/C21H34FN3O.HI/c1-5-23-20(25(4)13-10-17-11-14-26-15-12-17)24-16-21(2,3)18-8-6-7-9-19(18)22;/h6-9,17H,5,10-16H2,1-4H3,(H,23,24);1H. The molecule has 4 nitrogen and oxygen atoms in total. The first-order chi connectivity index (χ1) is 12.4. The van der Waals surface area contributed by atoms with Gasteiger partial charge in [0.15, 0.2) is 5.96 Å². The number of ether oxygens (including phenoxy) is 1. The third kappa shape index (κ3) is 7.56. The van der Waals surface area contributed by atoms with Gasteiger partial charge in [0.2, 0.25) is 0 Å². The zero-order valence-electron chi connectivity index (χ0n) is 17.1. The van der Waals surface area contributed by atoms with E-state index in [9.17, 15) is 4.39 Å². The summed E-state index contributed by atoms with van der Waals surface area (Å²) in [7, 11) is 2.08. The number of aliphatic imine (C=N–C) groups is 1. The van der Waals surface area contributed by atoms with Crippen LogP contribution in [0.1, 0.15) is 45.6 Å². The van der Waals surface area contributed by atoms with Crippen LogP contribution in [0.15, 0.2) is 29.3 Å². The van der Waals surface area contributed by atoms with E-state index >= 15 is 0 Å². The lowest BCUT2D eigenvalue weighted by Gasteiger charge is -2.28. The van der Waals surface area contributed by atoms with Crippen LogP contribution in [-0.2, 0) is 10.2 Å². The molecular formula is C21H35FIN3O. The largest absolute Gasteiger partial charge is 0.381 e. The van der Waals surface area contributed by atoms with Crippen LogP contribution >= 0.6 is 24.0 Å². The maximum absolute atomic E-state index is 14.2. The number of halogens is 2. The minimum Gasteiger partial charge on any atom is -0.381 e. The van der Waals surface area contributed by atoms with Gasteiger partial charge in [-0.25, -0.2) is 4.39 Å². The first-order valence-corrected chi connectivity index (χ1v) is 9.76. The Labute approximate surface area is 181 Å². The Balaban J connectivity index is 0.00000364. The third-order valence-corrected chi connectivity index (χ3v) is 5.14. The van der Waals surface area contributed by atoms with Crippen molar-refractivity contribution in [1.82, 2.24) is 10.2 Å². The lowest BCUT2D eigenvalue weighted by molar-refractivity contribution is 0.0625. The van der Waals surface area contributed by atoms with E-state index in [-0.39, 0.29) is 35.2 Å². The van der Waals surface area contributed by atoms with Crippen LogP contribution in [0.4, 0.5) is 4.39 Å². The molecule has 0 saturated carbocycles. The first kappa shape index (κ1) is 24.1. The fourth-order valence-corrected chi connectivity index (χ4v) is 3.35. The number of nitrogens with zero attached hydrogens (tertiary/aromatic N) is 2. The second-order valence-electron chi connectivity index (χ2n) is 7.80. The van der Waals surface area contributed by atoms with Crippen molar-refractivity contribution in [2.75, 3.05) is 39.9 Å². The van der Waals surface area contributed by atoms with Crippen molar-refractivity contribution < 1.29 is 9.13 Å². The fourth-order valence-electron chi connectivity index (χ4n) is 3.35. The molecule has 6 heteroatoms. The number of nitrogens with one attached hydrogen (secondary N) is 1. The minimum absolute atomic E-state index is 0. The quantitative estimate of drug-likeness (QED) is 0.348. The average Bonchev–Trinajstić information content (AvgIpc) is 2.64. The van der Waals surface area contributed by atoms with Crippen LogP contribution in [0, 0.1) is 11.7 Å². The monoisotopic (exact) mass is 491 g/mol. The smallest absolute Gasteiger partial charge is 0.193 e. The highest BCUT2D eigenvalue weighted by molar-refractivity contribution is 14.0. The number of hydrogen-bond donors (Lipinski definition) is 1. The molecule has 27 heavy (non-hydrogen) atoms. The Morgan fingerprint density at radius 3 is 2.59 bits per heavy atom. The van der Waals surface area contributed by atoms with Crippen LogP contribution in [0.25, 0.3) is 0 Å². The topological polar surface area (TPSA) is 36.9 Å². The third-order valence-electron chi connectivity index (χ3n) is 5.14. The lowest BCUT2D eigenvalue weighted by atomic mass is 9.84. The maximum atomic E-state index is 14.2. The predicted molar refractivity (Wildman–Crippen MR) is 122 cm³/mol. The molecule has 0 aromatic heterocycles. The van der Waals surface area contributed by atoms with Crippen molar-refractivity contribution in [3.05, 3.63) is 35.6 Å². The molecule has 0 spiro atoms. The van der Waals surface area contributed by atoms with Gasteiger partial charge in [0.1, 0.15) is 5.82 Å². The molecule has 0 atom stereocenters. The Morgan fingerprint density at radius 1 is 1.30 bits per heavy atom. The minimum atomic E-state index is -0.354. The zero-order valence-corrected chi connectivity index (χ0v) is 19.5. The van der Waals surface area contributed by atoms with Gasteiger partial charge < -0.3 is 15.0 Å². The van der Waals surface area contributed by atoms with E-state index in [0.29, 0.717) is 12.1 Å². The van der Waals surface area contributed by atoms with Gasteiger partial charge in [-0.15, -0.1) is 24.0 Å². The van der Waals surface area contributed by atoms with E-state index in [4.69, 9.17) is 9.73 Å². The molecule has 1 aromatic carbocycles. The van der Waals surface area contributed by atoms with Gasteiger partial charge >= 0.3 is 0 Å². The second-order valence-corrected chi connectivity index (χ2v) is 7.80. The molecule has 0 aliphatic carbocycles. The SMILES string of the molecule is CCNC(=NCC(C)(C)c1ccccc1F)N(C)CCC1CCOCC1.I. The lowest BCUT2D eigenvalue weighted by Crippen LogP contribution is -2.41. The summed E-state index contributed by atoms with van der Waals surface area (Å²) >= 11 is 0. The van der Waals surface area contributed by atoms with E-state index < -0.39 is 0 Å². The number of benzene rings is 1. The predicted octanol–water partition coefficient (Wildman–Crippen LogP) is 4.44. The summed E-state index contributed by atoms with van der Waals surface area (Å²) < 4.78 is 19.6. The van der Waals surface area contributed by atoms with E-state index in [1.807, 2.05) is 26.0 Å². The number of guanidine groups is 1. The van der Waals surface area contributed by atoms with Crippen molar-refractivity contribution in [2.24, 2.45) is 10.9 Å². The molecule has 0 bridgehead atoms. The Bertz CT molecular complexity index is 589. The zero-order chi connectivity index (χ0) is 19.0. The molecule has 1 saturated heterocycles. The summed E-state index contributed by atoms with van der Waals surface area (Å²) in [5.74, 6) is 1.47. The fraction of sp³-hybridized carbons (Fsp3) is 0.667. The Morgan fingerprint density at radius 2 is 1.96 bits per heavy atom. The molecule has 1 aliphatic heterocycles. The van der Waals surface area contributed by atoms with Crippen molar-refractivity contribution in [1.29, 1.82) is 0 Å². The number of rotatable bonds is 7. The van der Waals surface area contributed by atoms with Gasteiger partial charge in [-0.3, -0.25) is 4.99 Å². The van der Waals surface area contributed by atoms with E-state index in [1.54, 1.807) is 6.07 Å². The molecule has 0 radical (unpaired) electrons. The summed E-state index contributed by atoms with van der Waals surface area (Å²) in [6.45, 7) is 10.3. The number of hydrogen-bond acceptors (Lipinski definition) is 2. The van der Waals surface area contributed by atoms with E-state index in [0.717, 1.165) is 57.4 Å². The molecule has 1 fully saturated rings. The van der Waals surface area contributed by atoms with E-state index in [2.05, 4.69) is 24.2 Å². The maximum Gasteiger partial charge on any atom is 0.193 e. The molecule has 1 heterocycles. The molecular weight excluding hydrogens is 456 g/mol. The van der Waals surface area contributed by atoms with Crippen molar-refractivity contribution in [2.45, 2.75) is 45.4 Å². The Hall–Kier alpha value is -0.890. The average molecular weight is 491 g/mol. The molecule has 1 N–H and O–H groups in total. The van der Waals surface area contributed by atoms with E-state index in [1.165, 1.54) is 6.07 Å². The second kappa shape index (κ2) is 11.8. The van der Waals surface area contributed by atoms with Crippen LogP contribution in [0.3, 0.4) is 0 Å². The van der Waals surface area contributed by atoms with Crippen molar-refractivity contribution in [3.8, 4) is 0 Å². The summed E-state index contributed by atoms with van der Waals surface area (Å²) in [5.41, 5.74) is 0.359. The summed E-state index contributed by atoms with van der Waals surface area (Å²) in [4.78, 5) is 7.00. The normalized spacial score (nSPS) is 16.0. The van der Waals surface area contributed by atoms with Crippen LogP contribution < -0.4 is 5.32 Å². The molecule has 0 unspecified atom stereocenters. The summed E-state index contributed by atoms with van der Waals surface area (Å²) in [6.07, 6.45) is 3.46. The summed E-state index contributed by atoms with van der Waals surface area (Å²) in [5, 5.41) is 3.37.